The number of fused-ring (bicyclic) bond motifs is 1. The normalized spacial score (nSPS) is 14.6. The number of Topliss-reactive ketones (excluding diaryl/α,β-unsaturated/α-hetero) is 1. The second-order valence-corrected chi connectivity index (χ2v) is 3.17. The van der Waals surface area contributed by atoms with Crippen molar-refractivity contribution in [2.75, 3.05) is 6.54 Å². The van der Waals surface area contributed by atoms with Crippen LogP contribution in [0.5, 0.6) is 0 Å². The van der Waals surface area contributed by atoms with E-state index in [0.717, 1.165) is 5.56 Å². The van der Waals surface area contributed by atoms with E-state index in [4.69, 9.17) is 5.73 Å². The summed E-state index contributed by atoms with van der Waals surface area (Å²) < 4.78 is 0. The van der Waals surface area contributed by atoms with Crippen molar-refractivity contribution < 1.29 is 9.59 Å². The van der Waals surface area contributed by atoms with Crippen molar-refractivity contribution in [3.05, 3.63) is 29.1 Å². The predicted octanol–water partition coefficient (Wildman–Crippen LogP) is 0.295. The Kier molecular flexibility index (Phi) is 2.05. The monoisotopic (exact) mass is 190 g/mol. The van der Waals surface area contributed by atoms with Crippen LogP contribution in [0.4, 0.5) is 0 Å². The fourth-order valence-corrected chi connectivity index (χ4v) is 1.59. The van der Waals surface area contributed by atoms with E-state index < -0.39 is 11.6 Å². The van der Waals surface area contributed by atoms with Gasteiger partial charge in [-0.1, -0.05) is 0 Å². The van der Waals surface area contributed by atoms with Crippen LogP contribution in [0.2, 0.25) is 0 Å². The van der Waals surface area contributed by atoms with Gasteiger partial charge in [-0.2, -0.15) is 0 Å². The van der Waals surface area contributed by atoms with Crippen LogP contribution in [0.1, 0.15) is 21.6 Å². The molecule has 0 aliphatic heterocycles. The van der Waals surface area contributed by atoms with Gasteiger partial charge >= 0.3 is 0 Å². The minimum absolute atomic E-state index is 0.438. The number of nitrogens with two attached hydrogens (primary N) is 1. The summed E-state index contributed by atoms with van der Waals surface area (Å²) in [4.78, 5) is 25.6. The van der Waals surface area contributed by atoms with Crippen LogP contribution in [0.3, 0.4) is 0 Å². The van der Waals surface area contributed by atoms with Gasteiger partial charge in [-0.25, -0.2) is 0 Å². The largest absolute Gasteiger partial charge is 0.361 e. The molecule has 0 atom stereocenters. The fraction of sp³-hybridized carbons (Fsp3) is 0.200. The van der Waals surface area contributed by atoms with Gasteiger partial charge < -0.3 is 10.7 Å². The molecule has 2 rings (SSSR count). The number of carbonyl (C=O) groups is 2. The number of rotatable bonds is 2. The van der Waals surface area contributed by atoms with E-state index in [1.807, 2.05) is 0 Å². The molecule has 0 unspecified atom stereocenters. The molecule has 0 radical (unpaired) electrons. The molecule has 0 amide bonds. The third-order valence-electron chi connectivity index (χ3n) is 2.26. The summed E-state index contributed by atoms with van der Waals surface area (Å²) in [6.45, 7) is 0.468. The molecule has 1 heterocycles. The number of carbonyl (C=O) groups excluding carboxylic acids is 2. The number of ketones is 2. The second kappa shape index (κ2) is 3.23. The third-order valence-corrected chi connectivity index (χ3v) is 2.26. The van der Waals surface area contributed by atoms with Crippen molar-refractivity contribution in [1.29, 1.82) is 0 Å². The van der Waals surface area contributed by atoms with Gasteiger partial charge in [-0.3, -0.25) is 9.59 Å². The number of hydrogen-bond acceptors (Lipinski definition) is 3. The highest BCUT2D eigenvalue weighted by atomic mass is 16.2. The van der Waals surface area contributed by atoms with Crippen molar-refractivity contribution in [1.82, 2.24) is 4.98 Å². The number of aromatic amines is 1. The molecule has 14 heavy (non-hydrogen) atoms. The SMILES string of the molecule is NCCc1c[nH]c2c1C(=O)C(=O)C=C2. The number of aromatic nitrogens is 1. The molecule has 72 valence electrons. The Balaban J connectivity index is 2.51. The Bertz CT molecular complexity index is 429. The number of allylic oxidation sites excluding steroid dienone is 1. The molecule has 0 saturated carbocycles. The van der Waals surface area contributed by atoms with Crippen molar-refractivity contribution in [2.24, 2.45) is 5.73 Å². The van der Waals surface area contributed by atoms with Gasteiger partial charge in [-0.05, 0) is 30.7 Å². The van der Waals surface area contributed by atoms with Crippen LogP contribution in [-0.4, -0.2) is 23.1 Å². The van der Waals surface area contributed by atoms with Crippen LogP contribution < -0.4 is 5.73 Å². The Morgan fingerprint density at radius 2 is 2.07 bits per heavy atom. The first-order chi connectivity index (χ1) is 6.74. The van der Waals surface area contributed by atoms with Crippen LogP contribution in [-0.2, 0) is 11.2 Å². The molecule has 0 bridgehead atoms. The minimum atomic E-state index is -0.463. The fourth-order valence-electron chi connectivity index (χ4n) is 1.59. The maximum absolute atomic E-state index is 11.5. The molecule has 1 aromatic rings. The smallest absolute Gasteiger partial charge is 0.235 e. The van der Waals surface area contributed by atoms with Crippen molar-refractivity contribution in [3.63, 3.8) is 0 Å². The highest BCUT2D eigenvalue weighted by Gasteiger charge is 2.24. The lowest BCUT2D eigenvalue weighted by molar-refractivity contribution is -0.110. The van der Waals surface area contributed by atoms with E-state index in [-0.39, 0.29) is 0 Å². The first kappa shape index (κ1) is 8.90. The molecule has 4 nitrogen and oxygen atoms in total. The molecule has 0 saturated heterocycles. The van der Waals surface area contributed by atoms with Crippen LogP contribution in [0, 0.1) is 0 Å². The molecular weight excluding hydrogens is 180 g/mol. The van der Waals surface area contributed by atoms with Gasteiger partial charge in [0.15, 0.2) is 0 Å². The van der Waals surface area contributed by atoms with Crippen LogP contribution >= 0.6 is 0 Å². The number of H-pyrrole nitrogens is 1. The highest BCUT2D eigenvalue weighted by Crippen LogP contribution is 2.20. The van der Waals surface area contributed by atoms with Crippen LogP contribution in [0.15, 0.2) is 12.3 Å². The topological polar surface area (TPSA) is 76.0 Å². The number of nitrogens with one attached hydrogen (secondary N) is 1. The molecule has 4 heteroatoms. The molecule has 1 aromatic heterocycles. The molecule has 0 fully saturated rings. The average Bonchev–Trinajstić information content (AvgIpc) is 2.57. The third kappa shape index (κ3) is 1.20. The van der Waals surface area contributed by atoms with Gasteiger partial charge in [0.2, 0.25) is 11.6 Å². The van der Waals surface area contributed by atoms with E-state index in [2.05, 4.69) is 4.98 Å². The lowest BCUT2D eigenvalue weighted by atomic mass is 9.97. The molecule has 1 aliphatic rings. The second-order valence-electron chi connectivity index (χ2n) is 3.17. The Morgan fingerprint density at radius 3 is 2.79 bits per heavy atom. The van der Waals surface area contributed by atoms with E-state index in [0.29, 0.717) is 24.2 Å². The van der Waals surface area contributed by atoms with E-state index in [1.54, 1.807) is 12.3 Å². The first-order valence-corrected chi connectivity index (χ1v) is 4.41. The van der Waals surface area contributed by atoms with E-state index in [9.17, 15) is 9.59 Å². The van der Waals surface area contributed by atoms with Gasteiger partial charge in [0.05, 0.1) is 5.56 Å². The lowest BCUT2D eigenvalue weighted by Gasteiger charge is -2.05. The summed E-state index contributed by atoms with van der Waals surface area (Å²) in [7, 11) is 0. The maximum Gasteiger partial charge on any atom is 0.235 e. The number of hydrogen-bond donors (Lipinski definition) is 2. The molecule has 1 aliphatic carbocycles. The summed E-state index contributed by atoms with van der Waals surface area (Å²) >= 11 is 0. The Labute approximate surface area is 80.8 Å². The zero-order valence-electron chi connectivity index (χ0n) is 7.54. The lowest BCUT2D eigenvalue weighted by Crippen LogP contribution is -2.17. The van der Waals surface area contributed by atoms with Gasteiger partial charge in [0.1, 0.15) is 0 Å². The zero-order chi connectivity index (χ0) is 10.1. The van der Waals surface area contributed by atoms with Crippen molar-refractivity contribution in [3.8, 4) is 0 Å². The Morgan fingerprint density at radius 1 is 1.29 bits per heavy atom. The summed E-state index contributed by atoms with van der Waals surface area (Å²) in [5.41, 5.74) is 7.42. The minimum Gasteiger partial charge on any atom is -0.361 e. The highest BCUT2D eigenvalue weighted by molar-refractivity contribution is 6.50. The zero-order valence-corrected chi connectivity index (χ0v) is 7.54. The summed E-state index contributed by atoms with van der Waals surface area (Å²) in [6.07, 6.45) is 5.25. The summed E-state index contributed by atoms with van der Waals surface area (Å²) in [5, 5.41) is 0. The van der Waals surface area contributed by atoms with E-state index in [1.165, 1.54) is 6.08 Å². The standard InChI is InChI=1S/C10H10N2O2/c11-4-3-6-5-12-7-1-2-8(13)10(14)9(6)7/h1-2,5,12H,3-4,11H2. The average molecular weight is 190 g/mol. The first-order valence-electron chi connectivity index (χ1n) is 4.41. The summed E-state index contributed by atoms with van der Waals surface area (Å²) in [6, 6.07) is 0. The van der Waals surface area contributed by atoms with Gasteiger partial charge in [0.25, 0.3) is 0 Å². The Hall–Kier alpha value is -1.68. The molecular formula is C10H10N2O2. The molecule has 3 N–H and O–H groups in total. The predicted molar refractivity (Wildman–Crippen MR) is 51.9 cm³/mol. The van der Waals surface area contributed by atoms with E-state index >= 15 is 0 Å². The van der Waals surface area contributed by atoms with Crippen LogP contribution in [0.25, 0.3) is 6.08 Å². The summed E-state index contributed by atoms with van der Waals surface area (Å²) in [5.74, 6) is -0.900. The quantitative estimate of drug-likeness (QED) is 0.658. The van der Waals surface area contributed by atoms with Gasteiger partial charge in [-0.15, -0.1) is 0 Å². The van der Waals surface area contributed by atoms with Crippen molar-refractivity contribution in [2.45, 2.75) is 6.42 Å². The maximum atomic E-state index is 11.5. The van der Waals surface area contributed by atoms with Gasteiger partial charge in [0, 0.05) is 11.9 Å². The molecule has 0 spiro atoms. The van der Waals surface area contributed by atoms with Crippen molar-refractivity contribution >= 4 is 17.6 Å². The molecule has 0 aromatic carbocycles.